The maximum absolute atomic E-state index is 12.3. The Morgan fingerprint density at radius 2 is 2.12 bits per heavy atom. The zero-order chi connectivity index (χ0) is 16.8. The number of carbonyl (C=O) groups is 1. The van der Waals surface area contributed by atoms with Gasteiger partial charge in [-0.25, -0.2) is 4.98 Å². The summed E-state index contributed by atoms with van der Waals surface area (Å²) in [7, 11) is 0. The molecule has 6 heteroatoms. The fourth-order valence-corrected chi connectivity index (χ4v) is 3.27. The Morgan fingerprint density at radius 3 is 2.75 bits per heavy atom. The van der Waals surface area contributed by atoms with E-state index in [-0.39, 0.29) is 18.4 Å². The fraction of sp³-hybridized carbons (Fsp3) is 0.222. The van der Waals surface area contributed by atoms with Crippen LogP contribution in [0.15, 0.2) is 60.5 Å². The molecular formula is C18H19N3O2S. The number of amides is 1. The normalized spacial score (nSPS) is 12.0. The van der Waals surface area contributed by atoms with E-state index in [2.05, 4.69) is 10.3 Å². The Kier molecular flexibility index (Phi) is 5.40. The van der Waals surface area contributed by atoms with E-state index in [0.717, 1.165) is 12.1 Å². The van der Waals surface area contributed by atoms with Gasteiger partial charge < -0.3 is 15.0 Å². The van der Waals surface area contributed by atoms with Gasteiger partial charge in [0.2, 0.25) is 0 Å². The lowest BCUT2D eigenvalue weighted by Crippen LogP contribution is -2.31. The number of hydrogen-bond donors (Lipinski definition) is 2. The molecule has 3 rings (SSSR count). The summed E-state index contributed by atoms with van der Waals surface area (Å²) in [5.41, 5.74) is 1.56. The van der Waals surface area contributed by atoms with Crippen LogP contribution >= 0.6 is 11.3 Å². The van der Waals surface area contributed by atoms with Crippen molar-refractivity contribution in [3.05, 3.63) is 70.9 Å². The van der Waals surface area contributed by atoms with Crippen molar-refractivity contribution >= 4 is 17.2 Å². The van der Waals surface area contributed by atoms with Gasteiger partial charge in [-0.2, -0.15) is 0 Å². The van der Waals surface area contributed by atoms with E-state index in [1.54, 1.807) is 36.0 Å². The summed E-state index contributed by atoms with van der Waals surface area (Å²) in [5.74, 6) is -0.102. The van der Waals surface area contributed by atoms with Crippen molar-refractivity contribution in [2.24, 2.45) is 5.92 Å². The van der Waals surface area contributed by atoms with Gasteiger partial charge in [-0.3, -0.25) is 4.79 Å². The second kappa shape index (κ2) is 7.90. The molecule has 2 N–H and O–H groups in total. The van der Waals surface area contributed by atoms with Crippen LogP contribution in [0.5, 0.6) is 0 Å². The third kappa shape index (κ3) is 4.10. The number of carbonyl (C=O) groups excluding carboxylic acids is 1. The number of hydrogen-bond acceptors (Lipinski definition) is 4. The predicted molar refractivity (Wildman–Crippen MR) is 94.5 cm³/mol. The molecule has 5 nitrogen and oxygen atoms in total. The minimum Gasteiger partial charge on any atom is -0.396 e. The van der Waals surface area contributed by atoms with Gasteiger partial charge in [0.15, 0.2) is 0 Å². The number of aromatic nitrogens is 2. The second-order valence-corrected chi connectivity index (χ2v) is 6.59. The first kappa shape index (κ1) is 16.4. The molecule has 0 aliphatic carbocycles. The minimum absolute atomic E-state index is 0.0258. The summed E-state index contributed by atoms with van der Waals surface area (Å²) in [6.07, 6.45) is 6.05. The van der Waals surface area contributed by atoms with Crippen LogP contribution in [0.3, 0.4) is 0 Å². The maximum Gasteiger partial charge on any atom is 0.251 e. The zero-order valence-electron chi connectivity index (χ0n) is 13.1. The molecule has 0 radical (unpaired) electrons. The molecule has 0 saturated carbocycles. The van der Waals surface area contributed by atoms with E-state index in [1.807, 2.05) is 40.4 Å². The van der Waals surface area contributed by atoms with Crippen LogP contribution in [-0.4, -0.2) is 33.7 Å². The number of aliphatic hydroxyl groups excluding tert-OH is 1. The topological polar surface area (TPSA) is 67.2 Å². The largest absolute Gasteiger partial charge is 0.396 e. The van der Waals surface area contributed by atoms with Crippen LogP contribution in [0.25, 0.3) is 5.69 Å². The minimum atomic E-state index is -0.128. The number of rotatable bonds is 7. The van der Waals surface area contributed by atoms with Gasteiger partial charge in [-0.15, -0.1) is 11.3 Å². The number of imidazole rings is 1. The first-order valence-corrected chi connectivity index (χ1v) is 8.64. The van der Waals surface area contributed by atoms with Crippen LogP contribution in [0.1, 0.15) is 15.2 Å². The van der Waals surface area contributed by atoms with Crippen molar-refractivity contribution in [3.63, 3.8) is 0 Å². The highest BCUT2D eigenvalue weighted by atomic mass is 32.1. The molecule has 0 aliphatic heterocycles. The van der Waals surface area contributed by atoms with Gasteiger partial charge in [0.25, 0.3) is 5.91 Å². The van der Waals surface area contributed by atoms with Gasteiger partial charge in [0.05, 0.1) is 6.33 Å². The van der Waals surface area contributed by atoms with Crippen molar-refractivity contribution in [1.29, 1.82) is 0 Å². The van der Waals surface area contributed by atoms with Crippen LogP contribution < -0.4 is 5.32 Å². The van der Waals surface area contributed by atoms with Crippen molar-refractivity contribution in [2.75, 3.05) is 13.2 Å². The molecule has 1 aromatic carbocycles. The molecule has 24 heavy (non-hydrogen) atoms. The number of aliphatic hydroxyl groups is 1. The monoisotopic (exact) mass is 341 g/mol. The fourth-order valence-electron chi connectivity index (χ4n) is 2.45. The third-order valence-electron chi connectivity index (χ3n) is 3.81. The molecule has 2 aromatic heterocycles. The van der Waals surface area contributed by atoms with Crippen LogP contribution in [0.4, 0.5) is 0 Å². The predicted octanol–water partition coefficient (Wildman–Crippen LogP) is 2.51. The van der Waals surface area contributed by atoms with Crippen molar-refractivity contribution in [2.45, 2.75) is 6.42 Å². The smallest absolute Gasteiger partial charge is 0.251 e. The molecular weight excluding hydrogens is 322 g/mol. The molecule has 0 saturated heterocycles. The van der Waals surface area contributed by atoms with Gasteiger partial charge in [-0.05, 0) is 42.1 Å². The molecule has 3 aromatic rings. The Balaban J connectivity index is 1.56. The summed E-state index contributed by atoms with van der Waals surface area (Å²) < 4.78 is 1.88. The third-order valence-corrected chi connectivity index (χ3v) is 4.71. The highest BCUT2D eigenvalue weighted by molar-refractivity contribution is 7.09. The lowest BCUT2D eigenvalue weighted by Gasteiger charge is -2.14. The first-order valence-electron chi connectivity index (χ1n) is 7.76. The second-order valence-electron chi connectivity index (χ2n) is 5.56. The molecule has 0 aliphatic rings. The standard InChI is InChI=1S/C18H19N3O2S/c22-12-14(10-17-2-1-9-24-17)11-20-18(23)15-3-5-16(6-4-15)21-8-7-19-13-21/h1-9,13-14,22H,10-12H2,(H,20,23). The molecule has 2 heterocycles. The Labute approximate surface area is 144 Å². The van der Waals surface area contributed by atoms with Crippen molar-refractivity contribution in [1.82, 2.24) is 14.9 Å². The van der Waals surface area contributed by atoms with E-state index < -0.39 is 0 Å². The van der Waals surface area contributed by atoms with E-state index in [9.17, 15) is 9.90 Å². The highest BCUT2D eigenvalue weighted by Crippen LogP contribution is 2.14. The van der Waals surface area contributed by atoms with E-state index in [0.29, 0.717) is 12.1 Å². The van der Waals surface area contributed by atoms with Crippen LogP contribution in [0.2, 0.25) is 0 Å². The number of nitrogens with one attached hydrogen (secondary N) is 1. The summed E-state index contributed by atoms with van der Waals surface area (Å²) in [4.78, 5) is 17.5. The molecule has 0 spiro atoms. The highest BCUT2D eigenvalue weighted by Gasteiger charge is 2.12. The van der Waals surface area contributed by atoms with E-state index >= 15 is 0 Å². The van der Waals surface area contributed by atoms with Gasteiger partial charge >= 0.3 is 0 Å². The molecule has 0 bridgehead atoms. The molecule has 124 valence electrons. The quantitative estimate of drug-likeness (QED) is 0.694. The summed E-state index contributed by atoms with van der Waals surface area (Å²) in [5, 5.41) is 14.4. The number of benzene rings is 1. The molecule has 1 unspecified atom stereocenters. The zero-order valence-corrected chi connectivity index (χ0v) is 13.9. The first-order chi connectivity index (χ1) is 11.8. The summed E-state index contributed by atoms with van der Waals surface area (Å²) in [6, 6.07) is 11.4. The lowest BCUT2D eigenvalue weighted by molar-refractivity contribution is 0.0940. The Bertz CT molecular complexity index is 752. The van der Waals surface area contributed by atoms with Crippen LogP contribution in [-0.2, 0) is 6.42 Å². The lowest BCUT2D eigenvalue weighted by atomic mass is 10.1. The molecule has 1 amide bonds. The Hall–Kier alpha value is -2.44. The average Bonchev–Trinajstić information content (AvgIpc) is 3.32. The SMILES string of the molecule is O=C(NCC(CO)Cc1cccs1)c1ccc(-n2ccnc2)cc1. The Morgan fingerprint density at radius 1 is 1.29 bits per heavy atom. The van der Waals surface area contributed by atoms with Crippen molar-refractivity contribution < 1.29 is 9.90 Å². The summed E-state index contributed by atoms with van der Waals surface area (Å²) in [6.45, 7) is 0.508. The molecule has 1 atom stereocenters. The van der Waals surface area contributed by atoms with E-state index in [1.165, 1.54) is 4.88 Å². The summed E-state index contributed by atoms with van der Waals surface area (Å²) >= 11 is 1.67. The number of thiophene rings is 1. The maximum atomic E-state index is 12.3. The van der Waals surface area contributed by atoms with E-state index in [4.69, 9.17) is 0 Å². The van der Waals surface area contributed by atoms with Crippen LogP contribution in [0, 0.1) is 5.92 Å². The number of nitrogens with zero attached hydrogens (tertiary/aromatic N) is 2. The molecule has 0 fully saturated rings. The van der Waals surface area contributed by atoms with Gasteiger partial charge in [0.1, 0.15) is 0 Å². The van der Waals surface area contributed by atoms with Crippen molar-refractivity contribution in [3.8, 4) is 5.69 Å². The average molecular weight is 341 g/mol. The van der Waals surface area contributed by atoms with Gasteiger partial charge in [-0.1, -0.05) is 6.07 Å². The van der Waals surface area contributed by atoms with Gasteiger partial charge in [0, 0.05) is 47.6 Å².